The smallest absolute Gasteiger partial charge is 0.246 e. The molecule has 0 unspecified atom stereocenters. The van der Waals surface area contributed by atoms with E-state index in [1.807, 2.05) is 30.9 Å². The Hall–Kier alpha value is -1.61. The third kappa shape index (κ3) is 3.94. The summed E-state index contributed by atoms with van der Waals surface area (Å²) in [6, 6.07) is 8.09. The highest BCUT2D eigenvalue weighted by atomic mass is 16.3. The molecule has 0 spiro atoms. The molecule has 3 heteroatoms. The summed E-state index contributed by atoms with van der Waals surface area (Å²) < 4.78 is 0. The van der Waals surface area contributed by atoms with Crippen LogP contribution in [0.5, 0.6) is 0 Å². The zero-order valence-electron chi connectivity index (χ0n) is 12.3. The molecule has 1 amide bonds. The van der Waals surface area contributed by atoms with Crippen molar-refractivity contribution in [3.63, 3.8) is 0 Å². The van der Waals surface area contributed by atoms with Crippen molar-refractivity contribution in [1.29, 1.82) is 0 Å². The molecule has 108 valence electrons. The van der Waals surface area contributed by atoms with Gasteiger partial charge in [-0.05, 0) is 43.7 Å². The van der Waals surface area contributed by atoms with E-state index in [1.54, 1.807) is 6.08 Å². The lowest BCUT2D eigenvalue weighted by molar-refractivity contribution is -0.125. The minimum Gasteiger partial charge on any atom is -0.392 e. The summed E-state index contributed by atoms with van der Waals surface area (Å²) in [5.41, 5.74) is 3.28. The Bertz CT molecular complexity index is 486. The van der Waals surface area contributed by atoms with Crippen molar-refractivity contribution in [2.75, 3.05) is 13.1 Å². The lowest BCUT2D eigenvalue weighted by Crippen LogP contribution is -2.27. The third-order valence-corrected chi connectivity index (χ3v) is 3.74. The molecule has 0 aliphatic carbocycles. The van der Waals surface area contributed by atoms with E-state index in [4.69, 9.17) is 5.11 Å². The van der Waals surface area contributed by atoms with Crippen LogP contribution in [0.15, 0.2) is 35.9 Å². The normalized spacial score (nSPS) is 18.1. The van der Waals surface area contributed by atoms with E-state index in [0.717, 1.165) is 37.1 Å². The Labute approximate surface area is 120 Å². The van der Waals surface area contributed by atoms with Crippen molar-refractivity contribution >= 4 is 5.91 Å². The van der Waals surface area contributed by atoms with Gasteiger partial charge in [-0.1, -0.05) is 29.8 Å². The molecule has 3 nitrogen and oxygen atoms in total. The summed E-state index contributed by atoms with van der Waals surface area (Å²) >= 11 is 0. The highest BCUT2D eigenvalue weighted by molar-refractivity contribution is 5.88. The molecule has 1 aliphatic heterocycles. The van der Waals surface area contributed by atoms with Crippen LogP contribution in [0.3, 0.4) is 0 Å². The number of nitrogens with zero attached hydrogens (tertiary/aromatic N) is 1. The Kier molecular flexibility index (Phi) is 4.96. The maximum atomic E-state index is 12.0. The number of hydrogen-bond donors (Lipinski definition) is 1. The number of hydrogen-bond acceptors (Lipinski definition) is 2. The third-order valence-electron chi connectivity index (χ3n) is 3.74. The second kappa shape index (κ2) is 6.71. The molecule has 1 N–H and O–H groups in total. The van der Waals surface area contributed by atoms with E-state index < -0.39 is 0 Å². The van der Waals surface area contributed by atoms with Gasteiger partial charge >= 0.3 is 0 Å². The topological polar surface area (TPSA) is 40.5 Å². The minimum atomic E-state index is 0.0920. The lowest BCUT2D eigenvalue weighted by atomic mass is 9.98. The highest BCUT2D eigenvalue weighted by Gasteiger charge is 2.25. The molecule has 1 aromatic rings. The van der Waals surface area contributed by atoms with Crippen LogP contribution in [0.1, 0.15) is 31.4 Å². The fraction of sp³-hybridized carbons (Fsp3) is 0.471. The first kappa shape index (κ1) is 14.8. The number of amides is 1. The molecule has 1 saturated heterocycles. The van der Waals surface area contributed by atoms with Gasteiger partial charge in [0.25, 0.3) is 0 Å². The van der Waals surface area contributed by atoms with Crippen molar-refractivity contribution < 1.29 is 9.90 Å². The molecule has 2 rings (SSSR count). The lowest BCUT2D eigenvalue weighted by Gasteiger charge is -2.15. The van der Waals surface area contributed by atoms with Crippen molar-refractivity contribution in [1.82, 2.24) is 4.90 Å². The molecule has 1 aromatic carbocycles. The van der Waals surface area contributed by atoms with Gasteiger partial charge in [0.15, 0.2) is 0 Å². The fourth-order valence-electron chi connectivity index (χ4n) is 2.65. The Morgan fingerprint density at radius 3 is 2.55 bits per heavy atom. The summed E-state index contributed by atoms with van der Waals surface area (Å²) in [6.07, 6.45) is 3.80. The van der Waals surface area contributed by atoms with Crippen LogP contribution in [0.2, 0.25) is 0 Å². The van der Waals surface area contributed by atoms with Crippen LogP contribution in [-0.4, -0.2) is 29.0 Å². The van der Waals surface area contributed by atoms with E-state index in [-0.39, 0.29) is 12.5 Å². The summed E-state index contributed by atoms with van der Waals surface area (Å²) in [5.74, 6) is 0.688. The number of likely N-dealkylation sites (tertiary alicyclic amines) is 1. The van der Waals surface area contributed by atoms with E-state index in [2.05, 4.69) is 12.1 Å². The van der Waals surface area contributed by atoms with Gasteiger partial charge in [0.2, 0.25) is 5.91 Å². The van der Waals surface area contributed by atoms with Crippen LogP contribution in [0.25, 0.3) is 0 Å². The molecule has 1 fully saturated rings. The summed E-state index contributed by atoms with van der Waals surface area (Å²) in [4.78, 5) is 13.9. The van der Waals surface area contributed by atoms with Crippen molar-refractivity contribution in [3.8, 4) is 0 Å². The summed E-state index contributed by atoms with van der Waals surface area (Å²) in [5, 5.41) is 9.03. The van der Waals surface area contributed by atoms with Gasteiger partial charge < -0.3 is 10.0 Å². The second-order valence-corrected chi connectivity index (χ2v) is 5.84. The van der Waals surface area contributed by atoms with Crippen LogP contribution in [0.4, 0.5) is 0 Å². The number of aliphatic hydroxyl groups excluding tert-OH is 1. The SMILES string of the molecule is CC(C)=CC(=O)N1CC[C@@H](Cc2ccc(CO)cc2)C1. The van der Waals surface area contributed by atoms with Gasteiger partial charge in [0.05, 0.1) is 6.61 Å². The molecule has 1 aliphatic rings. The van der Waals surface area contributed by atoms with Crippen LogP contribution < -0.4 is 0 Å². The second-order valence-electron chi connectivity index (χ2n) is 5.84. The molecule has 1 atom stereocenters. The van der Waals surface area contributed by atoms with E-state index in [9.17, 15) is 4.79 Å². The first-order valence-corrected chi connectivity index (χ1v) is 7.21. The van der Waals surface area contributed by atoms with Crippen molar-refractivity contribution in [3.05, 3.63) is 47.0 Å². The largest absolute Gasteiger partial charge is 0.392 e. The molecule has 0 aromatic heterocycles. The van der Waals surface area contributed by atoms with Gasteiger partial charge in [-0.2, -0.15) is 0 Å². The van der Waals surface area contributed by atoms with Crippen LogP contribution in [-0.2, 0) is 17.8 Å². The van der Waals surface area contributed by atoms with Gasteiger partial charge in [-0.3, -0.25) is 4.79 Å². The quantitative estimate of drug-likeness (QED) is 0.856. The van der Waals surface area contributed by atoms with Crippen LogP contribution >= 0.6 is 0 Å². The molecular formula is C17H23NO2. The van der Waals surface area contributed by atoms with E-state index >= 15 is 0 Å². The zero-order chi connectivity index (χ0) is 14.5. The fourth-order valence-corrected chi connectivity index (χ4v) is 2.65. The number of carbonyl (C=O) groups is 1. The molecule has 1 heterocycles. The highest BCUT2D eigenvalue weighted by Crippen LogP contribution is 2.21. The number of benzene rings is 1. The Morgan fingerprint density at radius 1 is 1.30 bits per heavy atom. The minimum absolute atomic E-state index is 0.0920. The maximum Gasteiger partial charge on any atom is 0.246 e. The summed E-state index contributed by atoms with van der Waals surface area (Å²) in [7, 11) is 0. The van der Waals surface area contributed by atoms with E-state index in [0.29, 0.717) is 5.92 Å². The number of rotatable bonds is 4. The molecule has 0 radical (unpaired) electrons. The number of allylic oxidation sites excluding steroid dienone is 1. The number of aliphatic hydroxyl groups is 1. The maximum absolute atomic E-state index is 12.0. The predicted molar refractivity (Wildman–Crippen MR) is 80.2 cm³/mol. The number of carbonyl (C=O) groups excluding carboxylic acids is 1. The Morgan fingerprint density at radius 2 is 1.95 bits per heavy atom. The van der Waals surface area contributed by atoms with Crippen molar-refractivity contribution in [2.45, 2.75) is 33.3 Å². The van der Waals surface area contributed by atoms with Gasteiger partial charge in [0.1, 0.15) is 0 Å². The van der Waals surface area contributed by atoms with Gasteiger partial charge in [-0.15, -0.1) is 0 Å². The zero-order valence-corrected chi connectivity index (χ0v) is 12.3. The molecule has 0 saturated carbocycles. The van der Waals surface area contributed by atoms with Gasteiger partial charge in [-0.25, -0.2) is 0 Å². The van der Waals surface area contributed by atoms with E-state index in [1.165, 1.54) is 5.56 Å². The standard InChI is InChI=1S/C17H23NO2/c1-13(2)9-17(20)18-8-7-16(11-18)10-14-3-5-15(12-19)6-4-14/h3-6,9,16,19H,7-8,10-12H2,1-2H3/t16-/m0/s1. The molecular weight excluding hydrogens is 250 g/mol. The van der Waals surface area contributed by atoms with Crippen molar-refractivity contribution in [2.24, 2.45) is 5.92 Å². The van der Waals surface area contributed by atoms with Crippen LogP contribution in [0, 0.1) is 5.92 Å². The molecule has 20 heavy (non-hydrogen) atoms. The average Bonchev–Trinajstić information content (AvgIpc) is 2.87. The predicted octanol–water partition coefficient (Wildman–Crippen LogP) is 2.54. The molecule has 0 bridgehead atoms. The van der Waals surface area contributed by atoms with Gasteiger partial charge in [0, 0.05) is 19.2 Å². The Balaban J connectivity index is 1.89. The summed E-state index contributed by atoms with van der Waals surface area (Å²) in [6.45, 7) is 5.71. The average molecular weight is 273 g/mol. The first-order chi connectivity index (χ1) is 9.58. The monoisotopic (exact) mass is 273 g/mol. The first-order valence-electron chi connectivity index (χ1n) is 7.21.